The molecular weight excluding hydrogens is 289 g/mol. The highest BCUT2D eigenvalue weighted by atomic mass is 19.1. The van der Waals surface area contributed by atoms with Gasteiger partial charge in [-0.1, -0.05) is 24.3 Å². The van der Waals surface area contributed by atoms with Crippen molar-refractivity contribution in [3.63, 3.8) is 0 Å². The number of hydrogen-bond donors (Lipinski definition) is 1. The zero-order valence-corrected chi connectivity index (χ0v) is 11.6. The molecule has 6 nitrogen and oxygen atoms in total. The van der Waals surface area contributed by atoms with Crippen LogP contribution in [0, 0.1) is 15.9 Å². The number of non-ortho nitro benzene ring substituents is 1. The second-order valence-corrected chi connectivity index (χ2v) is 4.43. The summed E-state index contributed by atoms with van der Waals surface area (Å²) >= 11 is 0. The minimum Gasteiger partial charge on any atom is -0.267 e. The summed E-state index contributed by atoms with van der Waals surface area (Å²) in [5.41, 5.74) is 2.88. The molecule has 0 aliphatic rings. The molecule has 0 aliphatic heterocycles. The van der Waals surface area contributed by atoms with E-state index < -0.39 is 16.6 Å². The first-order valence-corrected chi connectivity index (χ1v) is 6.33. The van der Waals surface area contributed by atoms with Crippen LogP contribution in [0.2, 0.25) is 0 Å². The lowest BCUT2D eigenvalue weighted by Crippen LogP contribution is -2.20. The predicted octanol–water partition coefficient (Wildman–Crippen LogP) is 2.89. The zero-order chi connectivity index (χ0) is 16.1. The van der Waals surface area contributed by atoms with Gasteiger partial charge in [0.05, 0.1) is 16.2 Å². The summed E-state index contributed by atoms with van der Waals surface area (Å²) in [6.45, 7) is 1.58. The number of carbonyl (C=O) groups excluding carboxylic acids is 1. The molecule has 0 heterocycles. The van der Waals surface area contributed by atoms with Crippen LogP contribution in [0.15, 0.2) is 53.6 Å². The van der Waals surface area contributed by atoms with E-state index in [0.29, 0.717) is 11.3 Å². The first-order valence-electron chi connectivity index (χ1n) is 6.33. The van der Waals surface area contributed by atoms with Crippen LogP contribution >= 0.6 is 0 Å². The molecule has 0 bridgehead atoms. The third-order valence-corrected chi connectivity index (χ3v) is 2.92. The molecule has 22 heavy (non-hydrogen) atoms. The molecule has 0 saturated carbocycles. The van der Waals surface area contributed by atoms with Gasteiger partial charge in [0.2, 0.25) is 0 Å². The number of hydrogen-bond acceptors (Lipinski definition) is 4. The molecular formula is C15H12FN3O3. The highest BCUT2D eigenvalue weighted by molar-refractivity contribution is 6.01. The van der Waals surface area contributed by atoms with Crippen LogP contribution in [0.1, 0.15) is 22.8 Å². The van der Waals surface area contributed by atoms with Crippen LogP contribution in [0.4, 0.5) is 10.1 Å². The van der Waals surface area contributed by atoms with Crippen LogP contribution < -0.4 is 5.43 Å². The SMILES string of the molecule is C/C(=N/NC(=O)c1ccccc1F)c1cccc([N+](=O)[O-])c1. The fraction of sp³-hybridized carbons (Fsp3) is 0.0667. The van der Waals surface area contributed by atoms with Gasteiger partial charge in [0.15, 0.2) is 0 Å². The molecule has 0 aromatic heterocycles. The minimum atomic E-state index is -0.692. The number of halogens is 1. The van der Waals surface area contributed by atoms with Crippen LogP contribution in [-0.4, -0.2) is 16.5 Å². The van der Waals surface area contributed by atoms with Crippen LogP contribution in [-0.2, 0) is 0 Å². The number of carbonyl (C=O) groups is 1. The smallest absolute Gasteiger partial charge is 0.267 e. The number of nitro benzene ring substituents is 1. The summed E-state index contributed by atoms with van der Waals surface area (Å²) in [5, 5.41) is 14.6. The lowest BCUT2D eigenvalue weighted by molar-refractivity contribution is -0.384. The average Bonchev–Trinajstić information content (AvgIpc) is 2.52. The lowest BCUT2D eigenvalue weighted by atomic mass is 10.1. The molecule has 0 spiro atoms. The Morgan fingerprint density at radius 1 is 1.23 bits per heavy atom. The Morgan fingerprint density at radius 2 is 1.95 bits per heavy atom. The van der Waals surface area contributed by atoms with Crippen molar-refractivity contribution in [2.24, 2.45) is 5.10 Å². The van der Waals surface area contributed by atoms with Gasteiger partial charge in [-0.25, -0.2) is 9.82 Å². The van der Waals surface area contributed by atoms with E-state index in [1.165, 1.54) is 42.5 Å². The Bertz CT molecular complexity index is 759. The normalized spacial score (nSPS) is 11.1. The molecule has 7 heteroatoms. The topological polar surface area (TPSA) is 84.6 Å². The van der Waals surface area contributed by atoms with Crippen molar-refractivity contribution in [3.05, 3.63) is 75.6 Å². The third-order valence-electron chi connectivity index (χ3n) is 2.92. The van der Waals surface area contributed by atoms with Crippen molar-refractivity contribution in [2.75, 3.05) is 0 Å². The van der Waals surface area contributed by atoms with Gasteiger partial charge in [-0.15, -0.1) is 0 Å². The van der Waals surface area contributed by atoms with E-state index in [2.05, 4.69) is 10.5 Å². The number of nitrogens with zero attached hydrogens (tertiary/aromatic N) is 2. The van der Waals surface area contributed by atoms with Crippen molar-refractivity contribution >= 4 is 17.3 Å². The summed E-state index contributed by atoms with van der Waals surface area (Å²) in [6, 6.07) is 11.4. The maximum absolute atomic E-state index is 13.4. The Balaban J connectivity index is 2.16. The minimum absolute atomic E-state index is 0.0764. The largest absolute Gasteiger partial charge is 0.274 e. The fourth-order valence-corrected chi connectivity index (χ4v) is 1.75. The summed E-state index contributed by atoms with van der Waals surface area (Å²) in [6.07, 6.45) is 0. The Labute approximate surface area is 125 Å². The third kappa shape index (κ3) is 3.51. The highest BCUT2D eigenvalue weighted by Crippen LogP contribution is 2.13. The number of hydrazone groups is 1. The quantitative estimate of drug-likeness (QED) is 0.535. The number of nitrogens with one attached hydrogen (secondary N) is 1. The molecule has 2 aromatic carbocycles. The van der Waals surface area contributed by atoms with Crippen molar-refractivity contribution in [1.29, 1.82) is 0 Å². The van der Waals surface area contributed by atoms with Gasteiger partial charge in [-0.3, -0.25) is 14.9 Å². The van der Waals surface area contributed by atoms with E-state index >= 15 is 0 Å². The van der Waals surface area contributed by atoms with E-state index in [-0.39, 0.29) is 11.3 Å². The first-order chi connectivity index (χ1) is 10.5. The molecule has 2 rings (SSSR count). The summed E-state index contributed by atoms with van der Waals surface area (Å²) in [5.74, 6) is -1.34. The van der Waals surface area contributed by atoms with E-state index in [0.717, 1.165) is 0 Å². The fourth-order valence-electron chi connectivity index (χ4n) is 1.75. The molecule has 0 saturated heterocycles. The molecule has 1 amide bonds. The maximum atomic E-state index is 13.4. The molecule has 0 atom stereocenters. The molecule has 0 unspecified atom stereocenters. The van der Waals surface area contributed by atoms with Crippen LogP contribution in [0.3, 0.4) is 0 Å². The second-order valence-electron chi connectivity index (χ2n) is 4.43. The van der Waals surface area contributed by atoms with Crippen molar-refractivity contribution < 1.29 is 14.1 Å². The van der Waals surface area contributed by atoms with E-state index in [9.17, 15) is 19.3 Å². The molecule has 2 aromatic rings. The molecule has 112 valence electrons. The maximum Gasteiger partial charge on any atom is 0.274 e. The zero-order valence-electron chi connectivity index (χ0n) is 11.6. The Morgan fingerprint density at radius 3 is 2.64 bits per heavy atom. The lowest BCUT2D eigenvalue weighted by Gasteiger charge is -2.04. The van der Waals surface area contributed by atoms with Gasteiger partial charge < -0.3 is 0 Å². The van der Waals surface area contributed by atoms with Gasteiger partial charge >= 0.3 is 0 Å². The molecule has 0 radical (unpaired) electrons. The highest BCUT2D eigenvalue weighted by Gasteiger charge is 2.11. The monoisotopic (exact) mass is 301 g/mol. The second kappa shape index (κ2) is 6.57. The summed E-state index contributed by atoms with van der Waals surface area (Å²) in [4.78, 5) is 22.0. The Kier molecular flexibility index (Phi) is 4.57. The van der Waals surface area contributed by atoms with Crippen molar-refractivity contribution in [2.45, 2.75) is 6.92 Å². The van der Waals surface area contributed by atoms with E-state index in [1.807, 2.05) is 0 Å². The Hall–Kier alpha value is -3.09. The molecule has 0 fully saturated rings. The predicted molar refractivity (Wildman–Crippen MR) is 79.2 cm³/mol. The molecule has 1 N–H and O–H groups in total. The number of benzene rings is 2. The van der Waals surface area contributed by atoms with Gasteiger partial charge in [-0.05, 0) is 19.1 Å². The molecule has 0 aliphatic carbocycles. The van der Waals surface area contributed by atoms with Gasteiger partial charge in [0.1, 0.15) is 5.82 Å². The van der Waals surface area contributed by atoms with Crippen molar-refractivity contribution in [1.82, 2.24) is 5.43 Å². The van der Waals surface area contributed by atoms with E-state index in [4.69, 9.17) is 0 Å². The number of nitro groups is 1. The van der Waals surface area contributed by atoms with Crippen molar-refractivity contribution in [3.8, 4) is 0 Å². The summed E-state index contributed by atoms with van der Waals surface area (Å²) in [7, 11) is 0. The standard InChI is InChI=1S/C15H12FN3O3/c1-10(11-5-4-6-12(9-11)19(21)22)17-18-15(20)13-7-2-3-8-14(13)16/h2-9H,1H3,(H,18,20)/b17-10-. The first kappa shape index (κ1) is 15.3. The van der Waals surface area contributed by atoms with Crippen LogP contribution in [0.5, 0.6) is 0 Å². The van der Waals surface area contributed by atoms with Gasteiger partial charge in [-0.2, -0.15) is 5.10 Å². The van der Waals surface area contributed by atoms with Gasteiger partial charge in [0.25, 0.3) is 11.6 Å². The summed E-state index contributed by atoms with van der Waals surface area (Å²) < 4.78 is 13.4. The van der Waals surface area contributed by atoms with Crippen LogP contribution in [0.25, 0.3) is 0 Å². The average molecular weight is 301 g/mol. The number of amides is 1. The number of rotatable bonds is 4. The van der Waals surface area contributed by atoms with E-state index in [1.54, 1.807) is 13.0 Å². The van der Waals surface area contributed by atoms with Gasteiger partial charge in [0, 0.05) is 17.7 Å².